The third-order valence-corrected chi connectivity index (χ3v) is 4.95. The summed E-state index contributed by atoms with van der Waals surface area (Å²) in [7, 11) is -2.40. The molecule has 0 heterocycles. The van der Waals surface area contributed by atoms with Gasteiger partial charge in [0.1, 0.15) is 10.6 Å². The highest BCUT2D eigenvalue weighted by Gasteiger charge is 2.15. The predicted molar refractivity (Wildman–Crippen MR) is 104 cm³/mol. The van der Waals surface area contributed by atoms with E-state index in [2.05, 4.69) is 29.6 Å². The van der Waals surface area contributed by atoms with Gasteiger partial charge in [-0.25, -0.2) is 13.6 Å². The molecule has 3 aromatic carbocycles. The predicted octanol–water partition coefficient (Wildman–Crippen LogP) is 3.62. The fourth-order valence-corrected chi connectivity index (χ4v) is 3.39. The average Bonchev–Trinajstić information content (AvgIpc) is 2.66. The molecule has 0 fully saturated rings. The van der Waals surface area contributed by atoms with Crippen LogP contribution in [0.2, 0.25) is 0 Å². The first-order valence-corrected chi connectivity index (χ1v) is 9.61. The molecule has 0 aliphatic heterocycles. The Morgan fingerprint density at radius 2 is 1.65 bits per heavy atom. The first kappa shape index (κ1) is 18.0. The Balaban J connectivity index is 1.77. The molecule has 0 spiro atoms. The average molecular weight is 368 g/mol. The van der Waals surface area contributed by atoms with Crippen LogP contribution in [0.4, 0.5) is 5.69 Å². The zero-order chi connectivity index (χ0) is 18.6. The van der Waals surface area contributed by atoms with E-state index in [1.54, 1.807) is 12.1 Å². The Kier molecular flexibility index (Phi) is 5.25. The number of primary sulfonamides is 1. The lowest BCUT2D eigenvalue weighted by atomic mass is 10.0. The zero-order valence-corrected chi connectivity index (χ0v) is 15.2. The van der Waals surface area contributed by atoms with Gasteiger partial charge in [-0.3, -0.25) is 0 Å². The summed E-state index contributed by atoms with van der Waals surface area (Å²) < 4.78 is 28.2. The molecule has 0 saturated carbocycles. The second kappa shape index (κ2) is 7.59. The molecule has 5 nitrogen and oxygen atoms in total. The van der Waals surface area contributed by atoms with E-state index in [1.165, 1.54) is 13.2 Å². The van der Waals surface area contributed by atoms with Crippen LogP contribution in [-0.2, 0) is 16.6 Å². The van der Waals surface area contributed by atoms with Crippen molar-refractivity contribution >= 4 is 15.7 Å². The summed E-state index contributed by atoms with van der Waals surface area (Å²) in [6.45, 7) is 0.596. The van der Waals surface area contributed by atoms with Crippen LogP contribution in [0.25, 0.3) is 11.1 Å². The van der Waals surface area contributed by atoms with Crippen molar-refractivity contribution < 1.29 is 13.2 Å². The van der Waals surface area contributed by atoms with Crippen LogP contribution in [-0.4, -0.2) is 15.5 Å². The summed E-state index contributed by atoms with van der Waals surface area (Å²) >= 11 is 0. The zero-order valence-electron chi connectivity index (χ0n) is 14.3. The van der Waals surface area contributed by atoms with Crippen LogP contribution < -0.4 is 15.2 Å². The molecule has 3 aromatic rings. The van der Waals surface area contributed by atoms with Crippen molar-refractivity contribution in [2.45, 2.75) is 11.4 Å². The maximum absolute atomic E-state index is 11.6. The lowest BCUT2D eigenvalue weighted by molar-refractivity contribution is 0.403. The third kappa shape index (κ3) is 4.22. The Morgan fingerprint density at radius 3 is 2.35 bits per heavy atom. The molecule has 0 bridgehead atoms. The van der Waals surface area contributed by atoms with Crippen LogP contribution in [0.5, 0.6) is 5.75 Å². The Morgan fingerprint density at radius 1 is 0.923 bits per heavy atom. The molecule has 134 valence electrons. The van der Waals surface area contributed by atoms with Crippen molar-refractivity contribution in [3.05, 3.63) is 78.4 Å². The molecule has 3 rings (SSSR count). The van der Waals surface area contributed by atoms with Crippen LogP contribution in [0.15, 0.2) is 77.7 Å². The number of rotatable bonds is 6. The van der Waals surface area contributed by atoms with E-state index in [4.69, 9.17) is 9.88 Å². The first-order chi connectivity index (χ1) is 12.5. The summed E-state index contributed by atoms with van der Waals surface area (Å²) in [4.78, 5) is -0.0309. The summed E-state index contributed by atoms with van der Waals surface area (Å²) in [6, 6.07) is 23.2. The lowest BCUT2D eigenvalue weighted by Crippen LogP contribution is -2.13. The quantitative estimate of drug-likeness (QED) is 0.696. The van der Waals surface area contributed by atoms with Crippen LogP contribution >= 0.6 is 0 Å². The second-order valence-electron chi connectivity index (χ2n) is 5.83. The van der Waals surface area contributed by atoms with Gasteiger partial charge in [0.2, 0.25) is 10.0 Å². The summed E-state index contributed by atoms with van der Waals surface area (Å²) in [6.07, 6.45) is 0. The van der Waals surface area contributed by atoms with E-state index in [1.807, 2.05) is 30.3 Å². The first-order valence-electron chi connectivity index (χ1n) is 8.06. The highest BCUT2D eigenvalue weighted by Crippen LogP contribution is 2.27. The van der Waals surface area contributed by atoms with Crippen molar-refractivity contribution in [3.8, 4) is 16.9 Å². The molecule has 0 aliphatic carbocycles. The molecule has 0 saturated heterocycles. The van der Waals surface area contributed by atoms with E-state index >= 15 is 0 Å². The summed E-state index contributed by atoms with van der Waals surface area (Å²) in [5.74, 6) is 0.218. The minimum Gasteiger partial charge on any atom is -0.495 e. The van der Waals surface area contributed by atoms with Gasteiger partial charge in [-0.05, 0) is 34.9 Å². The maximum Gasteiger partial charge on any atom is 0.241 e. The Labute approximate surface area is 153 Å². The van der Waals surface area contributed by atoms with Gasteiger partial charge in [-0.15, -0.1) is 0 Å². The van der Waals surface area contributed by atoms with Gasteiger partial charge in [0.15, 0.2) is 0 Å². The van der Waals surface area contributed by atoms with Crippen molar-refractivity contribution in [1.82, 2.24) is 0 Å². The topological polar surface area (TPSA) is 81.4 Å². The highest BCUT2D eigenvalue weighted by molar-refractivity contribution is 7.89. The van der Waals surface area contributed by atoms with E-state index in [0.29, 0.717) is 6.54 Å². The van der Waals surface area contributed by atoms with Crippen molar-refractivity contribution in [3.63, 3.8) is 0 Å². The SMILES string of the molecule is COc1cc(NCc2cccc(-c3ccccc3)c2)ccc1S(N)(=O)=O. The Bertz CT molecular complexity index is 1000. The van der Waals surface area contributed by atoms with Gasteiger partial charge >= 0.3 is 0 Å². The van der Waals surface area contributed by atoms with Gasteiger partial charge in [-0.1, -0.05) is 48.5 Å². The summed E-state index contributed by atoms with van der Waals surface area (Å²) in [5.41, 5.74) is 4.17. The van der Waals surface area contributed by atoms with Crippen LogP contribution in [0.3, 0.4) is 0 Å². The van der Waals surface area contributed by atoms with Gasteiger partial charge in [-0.2, -0.15) is 0 Å². The number of sulfonamides is 1. The van der Waals surface area contributed by atoms with Gasteiger partial charge in [0.05, 0.1) is 7.11 Å². The van der Waals surface area contributed by atoms with E-state index in [9.17, 15) is 8.42 Å². The van der Waals surface area contributed by atoms with E-state index in [0.717, 1.165) is 22.4 Å². The van der Waals surface area contributed by atoms with Crippen LogP contribution in [0.1, 0.15) is 5.56 Å². The van der Waals surface area contributed by atoms with Crippen LogP contribution in [0, 0.1) is 0 Å². The van der Waals surface area contributed by atoms with Gasteiger partial charge in [0.25, 0.3) is 0 Å². The number of hydrogen-bond donors (Lipinski definition) is 2. The maximum atomic E-state index is 11.6. The number of methoxy groups -OCH3 is 1. The monoisotopic (exact) mass is 368 g/mol. The number of ether oxygens (including phenoxy) is 1. The minimum atomic E-state index is -3.82. The number of nitrogens with one attached hydrogen (secondary N) is 1. The number of anilines is 1. The standard InChI is InChI=1S/C20H20N2O3S/c1-25-19-13-18(10-11-20(19)26(21,23)24)22-14-15-6-5-9-17(12-15)16-7-3-2-4-8-16/h2-13,22H,14H2,1H3,(H2,21,23,24). The number of nitrogens with two attached hydrogens (primary N) is 1. The van der Waals surface area contributed by atoms with Gasteiger partial charge < -0.3 is 10.1 Å². The molecule has 0 unspecified atom stereocenters. The van der Waals surface area contributed by atoms with Crippen molar-refractivity contribution in [2.75, 3.05) is 12.4 Å². The normalized spacial score (nSPS) is 11.2. The van der Waals surface area contributed by atoms with Crippen molar-refractivity contribution in [2.24, 2.45) is 5.14 Å². The largest absolute Gasteiger partial charge is 0.495 e. The third-order valence-electron chi connectivity index (χ3n) is 4.00. The molecule has 0 aromatic heterocycles. The summed E-state index contributed by atoms with van der Waals surface area (Å²) in [5, 5.41) is 8.47. The minimum absolute atomic E-state index is 0.0309. The van der Waals surface area contributed by atoms with Gasteiger partial charge in [0, 0.05) is 18.3 Å². The fraction of sp³-hybridized carbons (Fsp3) is 0.100. The molecule has 0 amide bonds. The molecule has 6 heteroatoms. The molecule has 0 radical (unpaired) electrons. The highest BCUT2D eigenvalue weighted by atomic mass is 32.2. The molecule has 26 heavy (non-hydrogen) atoms. The Hall–Kier alpha value is -2.83. The molecule has 0 atom stereocenters. The lowest BCUT2D eigenvalue weighted by Gasteiger charge is -2.12. The second-order valence-corrected chi connectivity index (χ2v) is 7.36. The smallest absolute Gasteiger partial charge is 0.241 e. The fourth-order valence-electron chi connectivity index (χ4n) is 2.71. The molecular formula is C20H20N2O3S. The number of hydrogen-bond acceptors (Lipinski definition) is 4. The molecule has 3 N–H and O–H groups in total. The van der Waals surface area contributed by atoms with Crippen molar-refractivity contribution in [1.29, 1.82) is 0 Å². The van der Waals surface area contributed by atoms with E-state index < -0.39 is 10.0 Å². The molecule has 0 aliphatic rings. The molecular weight excluding hydrogens is 348 g/mol. The van der Waals surface area contributed by atoms with E-state index in [-0.39, 0.29) is 10.6 Å². The number of benzene rings is 3.